The summed E-state index contributed by atoms with van der Waals surface area (Å²) in [5, 5.41) is 7.00. The Kier molecular flexibility index (Phi) is 7.72. The van der Waals surface area contributed by atoms with Crippen molar-refractivity contribution in [2.75, 3.05) is 30.3 Å². The number of carbonyl (C=O) groups is 2. The standard InChI is InChI=1S/C29H41N3O2S/c1-18-9-12-23(20(3)14-18)30-27(34)26-22-11-10-21(29(4,5)6)15-24(22)35-28(26)31-25(33)17-32-13-7-8-19(2)16-32/h9,12,14,19,21H,7-8,10-11,13,15-17H2,1-6H3,(H,30,34)(H,31,33)/t19-,21-/m0/s1. The summed E-state index contributed by atoms with van der Waals surface area (Å²) in [5.74, 6) is 1.05. The monoisotopic (exact) mass is 495 g/mol. The summed E-state index contributed by atoms with van der Waals surface area (Å²) in [6, 6.07) is 6.06. The molecule has 4 rings (SSSR count). The summed E-state index contributed by atoms with van der Waals surface area (Å²) in [7, 11) is 0. The van der Waals surface area contributed by atoms with Crippen LogP contribution in [0.5, 0.6) is 0 Å². The smallest absolute Gasteiger partial charge is 0.258 e. The number of hydrogen-bond donors (Lipinski definition) is 2. The lowest BCUT2D eigenvalue weighted by molar-refractivity contribution is -0.117. The number of anilines is 2. The van der Waals surface area contributed by atoms with Crippen molar-refractivity contribution in [1.29, 1.82) is 0 Å². The van der Waals surface area contributed by atoms with Crippen LogP contribution in [0.15, 0.2) is 18.2 Å². The lowest BCUT2D eigenvalue weighted by Crippen LogP contribution is -2.39. The van der Waals surface area contributed by atoms with E-state index in [1.807, 2.05) is 19.1 Å². The van der Waals surface area contributed by atoms with Crippen LogP contribution >= 0.6 is 11.3 Å². The quantitative estimate of drug-likeness (QED) is 0.502. The Morgan fingerprint density at radius 3 is 2.60 bits per heavy atom. The minimum absolute atomic E-state index is 0.0226. The molecule has 2 N–H and O–H groups in total. The number of piperidine rings is 1. The fraction of sp³-hybridized carbons (Fsp3) is 0.586. The minimum Gasteiger partial charge on any atom is -0.322 e. The van der Waals surface area contributed by atoms with Gasteiger partial charge in [-0.3, -0.25) is 14.5 Å². The lowest BCUT2D eigenvalue weighted by Gasteiger charge is -2.33. The van der Waals surface area contributed by atoms with E-state index in [-0.39, 0.29) is 17.2 Å². The van der Waals surface area contributed by atoms with Crippen molar-refractivity contribution in [1.82, 2.24) is 4.90 Å². The molecular formula is C29H41N3O2S. The molecule has 2 heterocycles. The normalized spacial score (nSPS) is 20.9. The van der Waals surface area contributed by atoms with E-state index in [1.54, 1.807) is 11.3 Å². The highest BCUT2D eigenvalue weighted by Gasteiger charge is 2.34. The molecule has 0 bridgehead atoms. The molecule has 2 aromatic rings. The van der Waals surface area contributed by atoms with Gasteiger partial charge in [0.15, 0.2) is 0 Å². The number of rotatable bonds is 5. The van der Waals surface area contributed by atoms with Crippen LogP contribution in [0.3, 0.4) is 0 Å². The fourth-order valence-electron chi connectivity index (χ4n) is 5.59. The molecule has 0 radical (unpaired) electrons. The first-order valence-corrected chi connectivity index (χ1v) is 13.9. The number of likely N-dealkylation sites (tertiary alicyclic amines) is 1. The first kappa shape index (κ1) is 25.9. The van der Waals surface area contributed by atoms with E-state index in [4.69, 9.17) is 0 Å². The molecule has 2 amide bonds. The first-order valence-electron chi connectivity index (χ1n) is 13.1. The summed E-state index contributed by atoms with van der Waals surface area (Å²) < 4.78 is 0. The lowest BCUT2D eigenvalue weighted by atomic mass is 9.72. The molecule has 190 valence electrons. The highest BCUT2D eigenvalue weighted by atomic mass is 32.1. The number of benzene rings is 1. The van der Waals surface area contributed by atoms with E-state index in [0.29, 0.717) is 28.9 Å². The molecule has 35 heavy (non-hydrogen) atoms. The van der Waals surface area contributed by atoms with Crippen LogP contribution in [0.25, 0.3) is 0 Å². The molecule has 1 aliphatic heterocycles. The van der Waals surface area contributed by atoms with Crippen LogP contribution in [0.4, 0.5) is 10.7 Å². The van der Waals surface area contributed by atoms with Gasteiger partial charge >= 0.3 is 0 Å². The van der Waals surface area contributed by atoms with Gasteiger partial charge in [0.2, 0.25) is 5.91 Å². The molecule has 1 aliphatic carbocycles. The van der Waals surface area contributed by atoms with Gasteiger partial charge in [-0.1, -0.05) is 45.4 Å². The molecule has 5 nitrogen and oxygen atoms in total. The fourth-order valence-corrected chi connectivity index (χ4v) is 6.93. The number of thiophene rings is 1. The number of amides is 2. The predicted octanol–water partition coefficient (Wildman–Crippen LogP) is 6.44. The Morgan fingerprint density at radius 2 is 1.91 bits per heavy atom. The third kappa shape index (κ3) is 6.15. The Bertz CT molecular complexity index is 1100. The minimum atomic E-state index is -0.120. The van der Waals surface area contributed by atoms with Gasteiger partial charge in [0, 0.05) is 17.1 Å². The van der Waals surface area contributed by atoms with Gasteiger partial charge in [0.1, 0.15) is 5.00 Å². The average molecular weight is 496 g/mol. The topological polar surface area (TPSA) is 61.4 Å². The summed E-state index contributed by atoms with van der Waals surface area (Å²) in [5.41, 5.74) is 5.04. The number of aryl methyl sites for hydroxylation is 2. The van der Waals surface area contributed by atoms with E-state index in [2.05, 4.69) is 56.2 Å². The second-order valence-electron chi connectivity index (χ2n) is 11.8. The number of nitrogens with zero attached hydrogens (tertiary/aromatic N) is 1. The first-order chi connectivity index (χ1) is 16.5. The third-order valence-electron chi connectivity index (χ3n) is 7.71. The Morgan fingerprint density at radius 1 is 1.14 bits per heavy atom. The van der Waals surface area contributed by atoms with Crippen LogP contribution in [0, 0.1) is 31.1 Å². The molecule has 2 atom stereocenters. The van der Waals surface area contributed by atoms with Crippen LogP contribution in [0.1, 0.15) is 78.9 Å². The second kappa shape index (κ2) is 10.4. The number of hydrogen-bond acceptors (Lipinski definition) is 4. The summed E-state index contributed by atoms with van der Waals surface area (Å²) >= 11 is 1.61. The summed E-state index contributed by atoms with van der Waals surface area (Å²) in [4.78, 5) is 30.2. The molecule has 1 saturated heterocycles. The van der Waals surface area contributed by atoms with Crippen molar-refractivity contribution in [3.05, 3.63) is 45.3 Å². The highest BCUT2D eigenvalue weighted by Crippen LogP contribution is 2.44. The number of nitrogens with one attached hydrogen (secondary N) is 2. The Labute approximate surface area is 214 Å². The molecule has 2 aliphatic rings. The Hall–Kier alpha value is -2.18. The number of fused-ring (bicyclic) bond motifs is 1. The van der Waals surface area contributed by atoms with Crippen LogP contribution < -0.4 is 10.6 Å². The zero-order valence-corrected chi connectivity index (χ0v) is 23.0. The van der Waals surface area contributed by atoms with Crippen molar-refractivity contribution in [3.8, 4) is 0 Å². The molecule has 0 spiro atoms. The van der Waals surface area contributed by atoms with Crippen LogP contribution in [0.2, 0.25) is 0 Å². The SMILES string of the molecule is Cc1ccc(NC(=O)c2c(NC(=O)CN3CCC[C@H](C)C3)sc3c2CC[C@H](C(C)(C)C)C3)c(C)c1. The van der Waals surface area contributed by atoms with Gasteiger partial charge < -0.3 is 10.6 Å². The van der Waals surface area contributed by atoms with Crippen molar-refractivity contribution >= 4 is 33.8 Å². The van der Waals surface area contributed by atoms with Gasteiger partial charge in [-0.25, -0.2) is 0 Å². The van der Waals surface area contributed by atoms with Gasteiger partial charge in [-0.2, -0.15) is 0 Å². The summed E-state index contributed by atoms with van der Waals surface area (Å²) in [6.45, 7) is 15.5. The van der Waals surface area contributed by atoms with Crippen molar-refractivity contribution < 1.29 is 9.59 Å². The molecular weight excluding hydrogens is 454 g/mol. The van der Waals surface area contributed by atoms with E-state index in [9.17, 15) is 9.59 Å². The van der Waals surface area contributed by atoms with E-state index in [1.165, 1.54) is 16.9 Å². The van der Waals surface area contributed by atoms with Crippen LogP contribution in [-0.4, -0.2) is 36.3 Å². The molecule has 0 saturated carbocycles. The van der Waals surface area contributed by atoms with Gasteiger partial charge in [-0.15, -0.1) is 11.3 Å². The second-order valence-corrected chi connectivity index (χ2v) is 12.9. The van der Waals surface area contributed by atoms with E-state index >= 15 is 0 Å². The van der Waals surface area contributed by atoms with Crippen molar-refractivity contribution in [2.45, 2.75) is 73.6 Å². The maximum absolute atomic E-state index is 13.6. The Balaban J connectivity index is 1.60. The predicted molar refractivity (Wildman–Crippen MR) is 147 cm³/mol. The number of carbonyl (C=O) groups excluding carboxylic acids is 2. The van der Waals surface area contributed by atoms with Gasteiger partial charge in [0.25, 0.3) is 5.91 Å². The molecule has 6 heteroatoms. The van der Waals surface area contributed by atoms with Crippen LogP contribution in [-0.2, 0) is 17.6 Å². The highest BCUT2D eigenvalue weighted by molar-refractivity contribution is 7.17. The summed E-state index contributed by atoms with van der Waals surface area (Å²) in [6.07, 6.45) is 5.28. The van der Waals surface area contributed by atoms with E-state index in [0.717, 1.165) is 55.6 Å². The van der Waals surface area contributed by atoms with Crippen molar-refractivity contribution in [2.24, 2.45) is 17.3 Å². The van der Waals surface area contributed by atoms with Gasteiger partial charge in [-0.05, 0) is 86.9 Å². The maximum Gasteiger partial charge on any atom is 0.258 e. The molecule has 1 aromatic heterocycles. The molecule has 1 aromatic carbocycles. The third-order valence-corrected chi connectivity index (χ3v) is 8.88. The average Bonchev–Trinajstić information content (AvgIpc) is 3.12. The zero-order chi connectivity index (χ0) is 25.3. The zero-order valence-electron chi connectivity index (χ0n) is 22.2. The van der Waals surface area contributed by atoms with Crippen molar-refractivity contribution in [3.63, 3.8) is 0 Å². The maximum atomic E-state index is 13.6. The molecule has 0 unspecified atom stereocenters. The van der Waals surface area contributed by atoms with Gasteiger partial charge in [0.05, 0.1) is 12.1 Å². The largest absolute Gasteiger partial charge is 0.322 e. The molecule has 1 fully saturated rings. The van der Waals surface area contributed by atoms with E-state index < -0.39 is 0 Å².